The molecule has 0 saturated carbocycles. The van der Waals surface area contributed by atoms with Crippen LogP contribution in [0.25, 0.3) is 0 Å². The van der Waals surface area contributed by atoms with Crippen LogP contribution in [-0.4, -0.2) is 219 Å². The zero-order chi connectivity index (χ0) is 96.1. The number of ether oxygens (including phenoxy) is 6. The largest absolute Gasteiger partial charge is 4.00 e. The molecule has 0 amide bonds. The molecule has 6 heterocycles. The van der Waals surface area contributed by atoms with Crippen LogP contribution in [0.1, 0.15) is 381 Å². The van der Waals surface area contributed by atoms with Gasteiger partial charge in [-0.2, -0.15) is 0 Å². The Morgan fingerprint density at radius 3 is 0.343 bits per heavy atom. The molecule has 0 unspecified atom stereocenters. The average Bonchev–Trinajstić information content (AvgIpc) is 1.64. The van der Waals surface area contributed by atoms with Crippen molar-refractivity contribution in [2.24, 2.45) is 0 Å². The van der Waals surface area contributed by atoms with Crippen LogP contribution < -0.4 is 61.3 Å². The first-order chi connectivity index (χ1) is 59.6. The van der Waals surface area contributed by atoms with E-state index in [9.17, 15) is 61.3 Å². The van der Waals surface area contributed by atoms with E-state index in [0.717, 1.165) is 183 Å². The summed E-state index contributed by atoms with van der Waals surface area (Å²) in [7, 11) is 0. The number of hydrogen-bond acceptors (Lipinski definition) is 18. The summed E-state index contributed by atoms with van der Waals surface area (Å²) in [4.78, 5) is 0. The fraction of sp³-hybridized carbons (Fsp3) is 0.654. The summed E-state index contributed by atoms with van der Waals surface area (Å²) < 4.78 is 29.9. The Morgan fingerprint density at radius 2 is 0.299 bits per heavy atom. The summed E-state index contributed by atoms with van der Waals surface area (Å²) in [6.45, 7) is 53.8. The Bertz CT molecular complexity index is 2910. The molecule has 0 radical (unpaired) electrons. The fourth-order valence-corrected chi connectivity index (χ4v) is 13.6. The van der Waals surface area contributed by atoms with Crippen LogP contribution in [0.4, 0.5) is 0 Å². The van der Waals surface area contributed by atoms with Crippen LogP contribution in [0, 0.1) is 0 Å². The summed E-state index contributed by atoms with van der Waals surface area (Å²) in [6, 6.07) is 35.0. The van der Waals surface area contributed by atoms with Crippen molar-refractivity contribution in [1.29, 1.82) is 0 Å². The van der Waals surface area contributed by atoms with Gasteiger partial charge in [-0.15, -0.1) is 121 Å². The van der Waals surface area contributed by atoms with Crippen molar-refractivity contribution in [3.05, 3.63) is 176 Å². The van der Waals surface area contributed by atoms with Crippen molar-refractivity contribution < 1.29 is 144 Å². The maximum Gasteiger partial charge on any atom is 4.00 e. The van der Waals surface area contributed by atoms with Gasteiger partial charge in [0.1, 0.15) is 0 Å². The molecule has 6 fully saturated rings. The Labute approximate surface area is 924 Å². The summed E-state index contributed by atoms with van der Waals surface area (Å²) in [5.74, 6) is 5.28. The van der Waals surface area contributed by atoms with Gasteiger partial charge in [0.2, 0.25) is 0 Å². The Balaban J connectivity index is -0.000000156. The van der Waals surface area contributed by atoms with Crippen molar-refractivity contribution in [1.82, 2.24) is 0 Å². The van der Waals surface area contributed by atoms with Crippen LogP contribution in [0.2, 0.25) is 0 Å². The summed E-state index contributed by atoms with van der Waals surface area (Å²) in [5.41, 5.74) is 11.2. The normalized spacial score (nSPS) is 16.6. The molecule has 0 aromatic heterocycles. The predicted molar refractivity (Wildman–Crippen MR) is 525 cm³/mol. The van der Waals surface area contributed by atoms with Crippen LogP contribution in [0.15, 0.2) is 109 Å². The van der Waals surface area contributed by atoms with Crippen molar-refractivity contribution in [3.8, 4) is 34.5 Å². The number of hydrogen-bond donors (Lipinski definition) is 0. The van der Waals surface area contributed by atoms with Crippen molar-refractivity contribution in [3.63, 3.8) is 0 Å². The first-order valence-electron chi connectivity index (χ1n) is 45.9. The maximum absolute atomic E-state index is 11.9. The zero-order valence-corrected chi connectivity index (χ0v) is 97.5. The van der Waals surface area contributed by atoms with Gasteiger partial charge >= 0.3 is 136 Å². The Morgan fingerprint density at radius 1 is 0.216 bits per heavy atom. The van der Waals surface area contributed by atoms with Gasteiger partial charge in [-0.1, -0.05) is 342 Å². The van der Waals surface area contributed by atoms with Crippen LogP contribution in [-0.2, 0) is 82.8 Å². The molecule has 6 aromatic carbocycles. The number of alkyl halides is 4. The zero-order valence-electron chi connectivity index (χ0n) is 85.7. The topological polar surface area (TPSA) is 389 Å². The van der Waals surface area contributed by atoms with Gasteiger partial charge in [0.25, 0.3) is 0 Å². The maximum atomic E-state index is 11.9. The number of rotatable bonds is 18. The Hall–Kier alpha value is -0.786. The minimum atomic E-state index is -0.0556. The summed E-state index contributed by atoms with van der Waals surface area (Å²) in [6.07, 6.45) is 12.6. The van der Waals surface area contributed by atoms with E-state index in [-0.39, 0.29) is 268 Å². The second-order valence-electron chi connectivity index (χ2n) is 35.5. The number of benzene rings is 6. The number of para-hydroxylation sites is 6. The molecule has 6 aromatic rings. The van der Waals surface area contributed by atoms with Gasteiger partial charge in [-0.05, 0) is 148 Å². The third-order valence-corrected chi connectivity index (χ3v) is 21.2. The monoisotopic (exact) mass is 2060 g/mol. The molecule has 134 heavy (non-hydrogen) atoms. The SMILES string of the molecule is CC(C)c1cccc(C(C)C)c1[O-].CC(C)c1cccc(C(C)C)c1[O-].CC(C)c1cccc(C(C)C)c1[O-].CC(C)c1cccc(C(C)C)c1[O-].CC(C)c1cccc(C(C)C)c1[O-].CC(C)c1cccc(C(C)C)c1[O-].ClCCl.ClCCl.[Mg+2].[Mg+2].[Mg+2].[Mg+2].[O-2].[O-2].[O-]C[C@@H]1CCCO1.[O-]C[C@@H]1CCCO1.[O-]C[C@@H]1CCCO1.[O-]C[C@H]1CCCO1.[O-]C[C@H]1CCCO1.[O-]C[C@H]1CCCO1.[Ti+4].[Ti+4]. The molecule has 740 valence electrons. The quantitative estimate of drug-likeness (QED) is 0.0569. The molecule has 0 aliphatic carbocycles. The van der Waals surface area contributed by atoms with Gasteiger partial charge in [0, 0.05) is 76.3 Å². The molecule has 30 heteroatoms. The van der Waals surface area contributed by atoms with Crippen LogP contribution >= 0.6 is 46.4 Å². The van der Waals surface area contributed by atoms with E-state index in [0.29, 0.717) is 71.0 Å². The van der Waals surface area contributed by atoms with E-state index >= 15 is 0 Å². The molecular weight excluding hydrogens is 1900 g/mol. The summed E-state index contributed by atoms with van der Waals surface area (Å²) >= 11 is 19.1. The number of halogens is 4. The standard InChI is InChI=1S/6C12H18O.6C5H9O2.2CH2Cl2.4Mg.2O.2Ti/c6*1-8(2)10-6-5-7-11(9(3)4)12(10)13;6*6-4-5-2-1-3-7-5;2*2-1-3;;;;;;;;/h6*5-9,13H,1-4H3;6*5H,1-4H2;2*1H2;;;;;;;;/q;;;;;;6*-1;;;4*+2;2*-2;2*+4/p-6/t;;;;;;6*5-;;;;;;;;;;/m......111000........../s1. The van der Waals surface area contributed by atoms with Gasteiger partial charge in [0.15, 0.2) is 0 Å². The van der Waals surface area contributed by atoms with Crippen molar-refractivity contribution in [2.75, 3.05) is 90.0 Å². The van der Waals surface area contributed by atoms with Crippen LogP contribution in [0.3, 0.4) is 0 Å². The van der Waals surface area contributed by atoms with Crippen molar-refractivity contribution >= 4 is 139 Å². The van der Waals surface area contributed by atoms with Crippen molar-refractivity contribution in [2.45, 2.75) is 351 Å². The fourth-order valence-electron chi connectivity index (χ4n) is 13.6. The molecule has 20 nitrogen and oxygen atoms in total. The summed E-state index contributed by atoms with van der Waals surface area (Å²) in [5, 5.41) is 132. The van der Waals surface area contributed by atoms with Gasteiger partial charge in [-0.25, -0.2) is 0 Å². The van der Waals surface area contributed by atoms with Gasteiger partial charge in [-0.3, -0.25) is 0 Å². The van der Waals surface area contributed by atoms with E-state index in [2.05, 4.69) is 166 Å². The minimum Gasteiger partial charge on any atom is -2.00 e. The van der Waals surface area contributed by atoms with Crippen LogP contribution in [0.5, 0.6) is 34.5 Å². The molecular formula is C104H160Cl4Mg4O20Ti2. The molecule has 0 bridgehead atoms. The average molecular weight is 2070 g/mol. The second kappa shape index (κ2) is 92.1. The minimum absolute atomic E-state index is 0. The molecule has 12 rings (SSSR count). The van der Waals surface area contributed by atoms with E-state index in [1.54, 1.807) is 0 Å². The third-order valence-electron chi connectivity index (χ3n) is 21.2. The molecule has 0 spiro atoms. The van der Waals surface area contributed by atoms with E-state index in [1.165, 1.54) is 0 Å². The van der Waals surface area contributed by atoms with E-state index < -0.39 is 0 Å². The van der Waals surface area contributed by atoms with Gasteiger partial charge < -0.3 is 101 Å². The predicted octanol–water partition coefficient (Wildman–Crippen LogP) is 16.3. The molecule has 6 aliphatic rings. The smallest absolute Gasteiger partial charge is 2.00 e. The second-order valence-corrected chi connectivity index (χ2v) is 37.1. The molecule has 0 N–H and O–H groups in total. The molecule has 6 aliphatic heterocycles. The first kappa shape index (κ1) is 153. The van der Waals surface area contributed by atoms with E-state index in [1.807, 2.05) is 109 Å². The third kappa shape index (κ3) is 64.9. The Kier molecular flexibility index (Phi) is 105. The first-order valence-corrected chi connectivity index (χ1v) is 48.0. The molecule has 6 saturated heterocycles. The van der Waals surface area contributed by atoms with Gasteiger partial charge in [0.05, 0.1) is 10.7 Å². The van der Waals surface area contributed by atoms with E-state index in [4.69, 9.17) is 74.8 Å². The molecule has 6 atom stereocenters.